The van der Waals surface area contributed by atoms with E-state index >= 15 is 0 Å². The number of hydrogen-bond donors (Lipinski definition) is 2. The highest BCUT2D eigenvalue weighted by Crippen LogP contribution is 2.17. The largest absolute Gasteiger partial charge is 0.345 e. The van der Waals surface area contributed by atoms with Crippen molar-refractivity contribution in [2.45, 2.75) is 6.04 Å². The van der Waals surface area contributed by atoms with E-state index in [9.17, 15) is 9.59 Å². The summed E-state index contributed by atoms with van der Waals surface area (Å²) in [7, 11) is 3.15. The van der Waals surface area contributed by atoms with E-state index in [0.717, 1.165) is 0 Å². The minimum Gasteiger partial charge on any atom is -0.345 e. The number of nitrogens with one attached hydrogen (secondary N) is 2. The standard InChI is InChI=1S/C6H10N2O2S2/c1-11-12-3-4-6(10)7-2-5(9)8-4/h4H,2-3H2,1H3,(H,7,10)(H,8,9). The van der Waals surface area contributed by atoms with E-state index in [1.54, 1.807) is 21.6 Å². The van der Waals surface area contributed by atoms with Crippen molar-refractivity contribution < 1.29 is 9.59 Å². The Hall–Kier alpha value is -0.360. The first-order valence-electron chi connectivity index (χ1n) is 3.46. The van der Waals surface area contributed by atoms with Crippen molar-refractivity contribution in [1.82, 2.24) is 10.6 Å². The quantitative estimate of drug-likeness (QED) is 0.618. The summed E-state index contributed by atoms with van der Waals surface area (Å²) in [6, 6.07) is -0.358. The van der Waals surface area contributed by atoms with E-state index in [1.165, 1.54) is 0 Å². The van der Waals surface area contributed by atoms with Crippen LogP contribution >= 0.6 is 21.6 Å². The van der Waals surface area contributed by atoms with Crippen LogP contribution in [0.5, 0.6) is 0 Å². The van der Waals surface area contributed by atoms with E-state index in [2.05, 4.69) is 10.6 Å². The van der Waals surface area contributed by atoms with Crippen LogP contribution in [-0.2, 0) is 9.59 Å². The lowest BCUT2D eigenvalue weighted by atomic mass is 10.2. The Labute approximate surface area is 78.6 Å². The highest BCUT2D eigenvalue weighted by Gasteiger charge is 2.25. The van der Waals surface area contributed by atoms with E-state index in [4.69, 9.17) is 0 Å². The molecule has 1 saturated heterocycles. The molecule has 1 aliphatic heterocycles. The molecule has 0 spiro atoms. The molecular formula is C6H10N2O2S2. The van der Waals surface area contributed by atoms with Crippen LogP contribution in [0.3, 0.4) is 0 Å². The molecule has 0 aromatic carbocycles. The van der Waals surface area contributed by atoms with E-state index in [1.807, 2.05) is 6.26 Å². The molecule has 68 valence electrons. The van der Waals surface area contributed by atoms with Crippen molar-refractivity contribution in [2.75, 3.05) is 18.6 Å². The van der Waals surface area contributed by atoms with Crippen molar-refractivity contribution in [2.24, 2.45) is 0 Å². The normalized spacial score (nSPS) is 23.2. The van der Waals surface area contributed by atoms with Crippen molar-refractivity contribution in [3.8, 4) is 0 Å². The fourth-order valence-electron chi connectivity index (χ4n) is 0.855. The van der Waals surface area contributed by atoms with Gasteiger partial charge in [0.15, 0.2) is 0 Å². The lowest BCUT2D eigenvalue weighted by molar-refractivity contribution is -0.133. The molecule has 6 heteroatoms. The third-order valence-corrected chi connectivity index (χ3v) is 3.25. The summed E-state index contributed by atoms with van der Waals surface area (Å²) in [6.07, 6.45) is 1.94. The lowest BCUT2D eigenvalue weighted by Crippen LogP contribution is -2.57. The van der Waals surface area contributed by atoms with Gasteiger partial charge in [0.2, 0.25) is 11.8 Å². The Morgan fingerprint density at radius 2 is 2.33 bits per heavy atom. The molecule has 12 heavy (non-hydrogen) atoms. The first kappa shape index (κ1) is 9.73. The maximum absolute atomic E-state index is 11.1. The monoisotopic (exact) mass is 206 g/mol. The third-order valence-electron chi connectivity index (χ3n) is 1.43. The number of carbonyl (C=O) groups excluding carboxylic acids is 2. The van der Waals surface area contributed by atoms with Crippen LogP contribution in [0, 0.1) is 0 Å². The summed E-state index contributed by atoms with van der Waals surface area (Å²) in [5, 5.41) is 5.13. The zero-order valence-corrected chi connectivity index (χ0v) is 8.26. The summed E-state index contributed by atoms with van der Waals surface area (Å²) >= 11 is 0. The van der Waals surface area contributed by atoms with Gasteiger partial charge in [0, 0.05) is 5.75 Å². The number of amides is 2. The Balaban J connectivity index is 2.38. The summed E-state index contributed by atoms with van der Waals surface area (Å²) < 4.78 is 0. The Morgan fingerprint density at radius 1 is 1.58 bits per heavy atom. The second kappa shape index (κ2) is 4.61. The lowest BCUT2D eigenvalue weighted by Gasteiger charge is -2.22. The maximum atomic E-state index is 11.1. The van der Waals surface area contributed by atoms with Crippen molar-refractivity contribution >= 4 is 33.4 Å². The van der Waals surface area contributed by atoms with Gasteiger partial charge in [-0.1, -0.05) is 21.6 Å². The van der Waals surface area contributed by atoms with Gasteiger partial charge in [-0.15, -0.1) is 0 Å². The first-order valence-corrected chi connectivity index (χ1v) is 6.19. The van der Waals surface area contributed by atoms with Crippen LogP contribution in [-0.4, -0.2) is 36.4 Å². The minimum absolute atomic E-state index is 0.0869. The fraction of sp³-hybridized carbons (Fsp3) is 0.667. The summed E-state index contributed by atoms with van der Waals surface area (Å²) in [6.45, 7) is 0.110. The van der Waals surface area contributed by atoms with Crippen molar-refractivity contribution in [3.63, 3.8) is 0 Å². The van der Waals surface area contributed by atoms with Gasteiger partial charge < -0.3 is 10.6 Å². The molecule has 2 amide bonds. The van der Waals surface area contributed by atoms with Gasteiger partial charge in [0.05, 0.1) is 6.54 Å². The first-order chi connectivity index (χ1) is 5.74. The molecule has 0 radical (unpaired) electrons. The van der Waals surface area contributed by atoms with Crippen LogP contribution in [0.4, 0.5) is 0 Å². The van der Waals surface area contributed by atoms with Gasteiger partial charge in [0.25, 0.3) is 0 Å². The van der Waals surface area contributed by atoms with Gasteiger partial charge in [-0.25, -0.2) is 0 Å². The molecule has 0 aromatic heterocycles. The second-order valence-electron chi connectivity index (χ2n) is 2.29. The maximum Gasteiger partial charge on any atom is 0.243 e. The fourth-order valence-corrected chi connectivity index (χ4v) is 2.18. The van der Waals surface area contributed by atoms with E-state index < -0.39 is 0 Å². The zero-order chi connectivity index (χ0) is 8.97. The van der Waals surface area contributed by atoms with Crippen LogP contribution in [0.15, 0.2) is 0 Å². The minimum atomic E-state index is -0.358. The number of rotatable bonds is 3. The molecule has 0 bridgehead atoms. The van der Waals surface area contributed by atoms with Crippen LogP contribution in [0.2, 0.25) is 0 Å². The van der Waals surface area contributed by atoms with Gasteiger partial charge in [-0.2, -0.15) is 0 Å². The number of piperazine rings is 1. The van der Waals surface area contributed by atoms with Crippen LogP contribution in [0.1, 0.15) is 0 Å². The van der Waals surface area contributed by atoms with Crippen LogP contribution < -0.4 is 10.6 Å². The Bertz CT molecular complexity index is 198. The Kier molecular flexibility index (Phi) is 3.74. The van der Waals surface area contributed by atoms with Crippen molar-refractivity contribution in [1.29, 1.82) is 0 Å². The predicted molar refractivity (Wildman–Crippen MR) is 50.9 cm³/mol. The highest BCUT2D eigenvalue weighted by atomic mass is 33.1. The molecule has 0 saturated carbocycles. The third kappa shape index (κ3) is 2.60. The molecule has 1 atom stereocenters. The molecule has 1 aliphatic rings. The molecule has 2 N–H and O–H groups in total. The zero-order valence-electron chi connectivity index (χ0n) is 6.62. The van der Waals surface area contributed by atoms with Crippen LogP contribution in [0.25, 0.3) is 0 Å². The van der Waals surface area contributed by atoms with E-state index in [0.29, 0.717) is 5.75 Å². The average Bonchev–Trinajstić information content (AvgIpc) is 2.07. The molecule has 1 unspecified atom stereocenters. The smallest absolute Gasteiger partial charge is 0.243 e. The summed E-state index contributed by atoms with van der Waals surface area (Å²) in [5.41, 5.74) is 0. The summed E-state index contributed by atoms with van der Waals surface area (Å²) in [4.78, 5) is 21.9. The highest BCUT2D eigenvalue weighted by molar-refractivity contribution is 8.76. The van der Waals surface area contributed by atoms with Crippen molar-refractivity contribution in [3.05, 3.63) is 0 Å². The van der Waals surface area contributed by atoms with Gasteiger partial charge in [-0.3, -0.25) is 9.59 Å². The van der Waals surface area contributed by atoms with Gasteiger partial charge in [0.1, 0.15) is 6.04 Å². The van der Waals surface area contributed by atoms with Gasteiger partial charge >= 0.3 is 0 Å². The molecule has 0 aliphatic carbocycles. The number of carbonyl (C=O) groups is 2. The molecule has 0 aromatic rings. The molecular weight excluding hydrogens is 196 g/mol. The van der Waals surface area contributed by atoms with E-state index in [-0.39, 0.29) is 24.4 Å². The second-order valence-corrected chi connectivity index (χ2v) is 4.90. The van der Waals surface area contributed by atoms with Gasteiger partial charge in [-0.05, 0) is 6.26 Å². The molecule has 1 fully saturated rings. The molecule has 4 nitrogen and oxygen atoms in total. The Morgan fingerprint density at radius 3 is 3.00 bits per heavy atom. The number of hydrogen-bond acceptors (Lipinski definition) is 4. The predicted octanol–water partition coefficient (Wildman–Crippen LogP) is -0.388. The average molecular weight is 206 g/mol. The topological polar surface area (TPSA) is 58.2 Å². The SMILES string of the molecule is CSSCC1NC(=O)CNC1=O. The summed E-state index contributed by atoms with van der Waals surface area (Å²) in [5.74, 6) is 0.427. The molecule has 1 rings (SSSR count). The molecule has 1 heterocycles.